The molecule has 1 atom stereocenters. The Labute approximate surface area is 101 Å². The normalized spacial score (nSPS) is 24.8. The summed E-state index contributed by atoms with van der Waals surface area (Å²) < 4.78 is 18.5. The predicted octanol–water partition coefficient (Wildman–Crippen LogP) is 2.19. The third kappa shape index (κ3) is 3.17. The SMILES string of the molecule is CC1(NCc2cc(F)ccc2O)CCCOC1. The number of nitrogens with one attached hydrogen (secondary N) is 1. The number of ether oxygens (including phenoxy) is 1. The molecule has 0 aliphatic carbocycles. The van der Waals surface area contributed by atoms with Crippen LogP contribution < -0.4 is 5.32 Å². The fourth-order valence-corrected chi connectivity index (χ4v) is 2.08. The number of phenolic OH excluding ortho intramolecular Hbond substituents is 1. The van der Waals surface area contributed by atoms with Crippen LogP contribution in [-0.4, -0.2) is 23.9 Å². The molecule has 1 aromatic rings. The fraction of sp³-hybridized carbons (Fsp3) is 0.538. The van der Waals surface area contributed by atoms with Gasteiger partial charge >= 0.3 is 0 Å². The highest BCUT2D eigenvalue weighted by atomic mass is 19.1. The lowest BCUT2D eigenvalue weighted by atomic mass is 9.94. The summed E-state index contributed by atoms with van der Waals surface area (Å²) in [5, 5.41) is 12.9. The average molecular weight is 239 g/mol. The van der Waals surface area contributed by atoms with Crippen LogP contribution in [0.3, 0.4) is 0 Å². The van der Waals surface area contributed by atoms with Crippen molar-refractivity contribution >= 4 is 0 Å². The summed E-state index contributed by atoms with van der Waals surface area (Å²) in [6, 6.07) is 3.99. The second kappa shape index (κ2) is 5.02. The smallest absolute Gasteiger partial charge is 0.123 e. The monoisotopic (exact) mass is 239 g/mol. The molecule has 1 aromatic carbocycles. The summed E-state index contributed by atoms with van der Waals surface area (Å²) in [6.07, 6.45) is 2.06. The van der Waals surface area contributed by atoms with Crippen LogP contribution in [0, 0.1) is 5.82 Å². The van der Waals surface area contributed by atoms with Crippen molar-refractivity contribution in [3.63, 3.8) is 0 Å². The first-order valence-electron chi connectivity index (χ1n) is 5.89. The quantitative estimate of drug-likeness (QED) is 0.849. The fourth-order valence-electron chi connectivity index (χ4n) is 2.08. The minimum atomic E-state index is -0.329. The van der Waals surface area contributed by atoms with Crippen molar-refractivity contribution in [2.45, 2.75) is 31.8 Å². The van der Waals surface area contributed by atoms with Gasteiger partial charge in [-0.15, -0.1) is 0 Å². The van der Waals surface area contributed by atoms with Gasteiger partial charge < -0.3 is 15.2 Å². The first-order chi connectivity index (χ1) is 8.09. The van der Waals surface area contributed by atoms with Crippen LogP contribution in [0.1, 0.15) is 25.3 Å². The number of benzene rings is 1. The second-order valence-corrected chi connectivity index (χ2v) is 4.84. The van der Waals surface area contributed by atoms with E-state index >= 15 is 0 Å². The van der Waals surface area contributed by atoms with E-state index in [1.807, 2.05) is 0 Å². The van der Waals surface area contributed by atoms with Crippen LogP contribution in [0.4, 0.5) is 4.39 Å². The van der Waals surface area contributed by atoms with Crippen molar-refractivity contribution in [2.24, 2.45) is 0 Å². The lowest BCUT2D eigenvalue weighted by molar-refractivity contribution is 0.0277. The highest BCUT2D eigenvalue weighted by Crippen LogP contribution is 2.22. The van der Waals surface area contributed by atoms with Crippen molar-refractivity contribution in [2.75, 3.05) is 13.2 Å². The standard InChI is InChI=1S/C13H18FNO2/c1-13(5-2-6-17-9-13)15-8-10-7-11(14)3-4-12(10)16/h3-4,7,15-16H,2,5-6,8-9H2,1H3. The minimum Gasteiger partial charge on any atom is -0.508 e. The Hall–Kier alpha value is -1.13. The number of phenols is 1. The molecule has 17 heavy (non-hydrogen) atoms. The molecule has 94 valence electrons. The van der Waals surface area contributed by atoms with Crippen LogP contribution in [0.25, 0.3) is 0 Å². The number of hydrogen-bond donors (Lipinski definition) is 2. The summed E-state index contributed by atoms with van der Waals surface area (Å²) in [6.45, 7) is 4.00. The maximum atomic E-state index is 13.0. The first kappa shape index (κ1) is 12.3. The van der Waals surface area contributed by atoms with Crippen LogP contribution in [0.15, 0.2) is 18.2 Å². The molecular formula is C13H18FNO2. The number of hydrogen-bond acceptors (Lipinski definition) is 3. The maximum Gasteiger partial charge on any atom is 0.123 e. The predicted molar refractivity (Wildman–Crippen MR) is 63.4 cm³/mol. The topological polar surface area (TPSA) is 41.5 Å². The Morgan fingerprint density at radius 1 is 1.53 bits per heavy atom. The van der Waals surface area contributed by atoms with Crippen molar-refractivity contribution in [3.05, 3.63) is 29.6 Å². The van der Waals surface area contributed by atoms with E-state index < -0.39 is 0 Å². The summed E-state index contributed by atoms with van der Waals surface area (Å²) in [4.78, 5) is 0. The van der Waals surface area contributed by atoms with Crippen LogP contribution in [0.2, 0.25) is 0 Å². The number of aromatic hydroxyl groups is 1. The van der Waals surface area contributed by atoms with Gasteiger partial charge in [-0.2, -0.15) is 0 Å². The highest BCUT2D eigenvalue weighted by molar-refractivity contribution is 5.32. The van der Waals surface area contributed by atoms with Crippen molar-refractivity contribution in [1.82, 2.24) is 5.32 Å². The highest BCUT2D eigenvalue weighted by Gasteiger charge is 2.26. The molecule has 1 aliphatic heterocycles. The molecule has 1 aliphatic rings. The molecule has 0 spiro atoms. The Kier molecular flexibility index (Phi) is 3.64. The number of rotatable bonds is 3. The zero-order valence-corrected chi connectivity index (χ0v) is 10.0. The van der Waals surface area contributed by atoms with Crippen LogP contribution in [0.5, 0.6) is 5.75 Å². The van der Waals surface area contributed by atoms with Crippen molar-refractivity contribution < 1.29 is 14.2 Å². The third-order valence-corrected chi connectivity index (χ3v) is 3.19. The Morgan fingerprint density at radius 2 is 2.35 bits per heavy atom. The molecule has 1 heterocycles. The van der Waals surface area contributed by atoms with E-state index in [4.69, 9.17) is 4.74 Å². The lowest BCUT2D eigenvalue weighted by Gasteiger charge is -2.34. The van der Waals surface area contributed by atoms with Gasteiger partial charge in [-0.25, -0.2) is 4.39 Å². The molecule has 1 saturated heterocycles. The van der Waals surface area contributed by atoms with Crippen LogP contribution >= 0.6 is 0 Å². The Bertz CT molecular complexity index is 389. The molecule has 0 amide bonds. The van der Waals surface area contributed by atoms with E-state index in [-0.39, 0.29) is 17.1 Å². The number of halogens is 1. The molecular weight excluding hydrogens is 221 g/mol. The molecule has 1 unspecified atom stereocenters. The molecule has 0 aromatic heterocycles. The van der Waals surface area contributed by atoms with Gasteiger partial charge in [0.15, 0.2) is 0 Å². The summed E-state index contributed by atoms with van der Waals surface area (Å²) in [5.74, 6) is -0.205. The molecule has 1 fully saturated rings. The lowest BCUT2D eigenvalue weighted by Crippen LogP contribution is -2.48. The van der Waals surface area contributed by atoms with Gasteiger partial charge in [-0.05, 0) is 38.0 Å². The van der Waals surface area contributed by atoms with Gasteiger partial charge in [0.1, 0.15) is 11.6 Å². The van der Waals surface area contributed by atoms with E-state index in [2.05, 4.69) is 12.2 Å². The van der Waals surface area contributed by atoms with E-state index in [9.17, 15) is 9.50 Å². The zero-order chi connectivity index (χ0) is 12.3. The average Bonchev–Trinajstić information content (AvgIpc) is 2.31. The maximum absolute atomic E-state index is 13.0. The largest absolute Gasteiger partial charge is 0.508 e. The molecule has 0 saturated carbocycles. The van der Waals surface area contributed by atoms with Crippen molar-refractivity contribution in [3.8, 4) is 5.75 Å². The van der Waals surface area contributed by atoms with Crippen molar-refractivity contribution in [1.29, 1.82) is 0 Å². The van der Waals surface area contributed by atoms with Crippen LogP contribution in [-0.2, 0) is 11.3 Å². The summed E-state index contributed by atoms with van der Waals surface area (Å²) >= 11 is 0. The van der Waals surface area contributed by atoms with E-state index in [0.29, 0.717) is 18.7 Å². The van der Waals surface area contributed by atoms with E-state index in [1.54, 1.807) is 0 Å². The molecule has 2 rings (SSSR count). The molecule has 0 bridgehead atoms. The van der Waals surface area contributed by atoms with E-state index in [1.165, 1.54) is 18.2 Å². The third-order valence-electron chi connectivity index (χ3n) is 3.19. The van der Waals surface area contributed by atoms with Gasteiger partial charge in [-0.3, -0.25) is 0 Å². The molecule has 2 N–H and O–H groups in total. The second-order valence-electron chi connectivity index (χ2n) is 4.84. The Balaban J connectivity index is 1.99. The minimum absolute atomic E-state index is 0.0863. The summed E-state index contributed by atoms with van der Waals surface area (Å²) in [7, 11) is 0. The molecule has 3 nitrogen and oxygen atoms in total. The molecule has 4 heteroatoms. The van der Waals surface area contributed by atoms with Gasteiger partial charge in [0.05, 0.1) is 6.61 Å². The van der Waals surface area contributed by atoms with Gasteiger partial charge in [0.2, 0.25) is 0 Å². The van der Waals surface area contributed by atoms with Gasteiger partial charge in [-0.1, -0.05) is 0 Å². The molecule has 0 radical (unpaired) electrons. The Morgan fingerprint density at radius 3 is 3.06 bits per heavy atom. The van der Waals surface area contributed by atoms with Gasteiger partial charge in [0.25, 0.3) is 0 Å². The van der Waals surface area contributed by atoms with E-state index in [0.717, 1.165) is 19.4 Å². The summed E-state index contributed by atoms with van der Waals surface area (Å²) in [5.41, 5.74) is 0.494. The zero-order valence-electron chi connectivity index (χ0n) is 10.0. The van der Waals surface area contributed by atoms with Gasteiger partial charge in [0, 0.05) is 24.3 Å². The first-order valence-corrected chi connectivity index (χ1v) is 5.89.